The second-order valence-electron chi connectivity index (χ2n) is 7.78. The summed E-state index contributed by atoms with van der Waals surface area (Å²) in [6, 6.07) is 9.67. The molecule has 0 bridgehead atoms. The van der Waals surface area contributed by atoms with Crippen molar-refractivity contribution < 1.29 is 0 Å². The monoisotopic (exact) mass is 300 g/mol. The highest BCUT2D eigenvalue weighted by Gasteiger charge is 2.25. The van der Waals surface area contributed by atoms with Crippen LogP contribution in [0.1, 0.15) is 50.2 Å². The minimum absolute atomic E-state index is 0.689. The van der Waals surface area contributed by atoms with Crippen LogP contribution in [0.15, 0.2) is 24.3 Å². The maximum Gasteiger partial charge on any atom is 0.0234 e. The van der Waals surface area contributed by atoms with Gasteiger partial charge in [0.2, 0.25) is 0 Å². The van der Waals surface area contributed by atoms with Crippen molar-refractivity contribution in [3.63, 3.8) is 0 Å². The van der Waals surface area contributed by atoms with Crippen molar-refractivity contribution >= 4 is 0 Å². The number of hydrogen-bond acceptors (Lipinski definition) is 2. The third kappa shape index (κ3) is 4.57. The summed E-state index contributed by atoms with van der Waals surface area (Å²) in [6.45, 7) is 9.41. The number of benzene rings is 1. The Labute approximate surface area is 136 Å². The summed E-state index contributed by atoms with van der Waals surface area (Å²) in [6.07, 6.45) is 7.14. The summed E-state index contributed by atoms with van der Waals surface area (Å²) in [4.78, 5) is 2.65. The van der Waals surface area contributed by atoms with Crippen molar-refractivity contribution in [1.82, 2.24) is 10.2 Å². The predicted molar refractivity (Wildman–Crippen MR) is 94.0 cm³/mol. The molecule has 1 saturated carbocycles. The van der Waals surface area contributed by atoms with E-state index in [0.29, 0.717) is 6.04 Å². The Morgan fingerprint density at radius 2 is 2.00 bits per heavy atom. The zero-order chi connectivity index (χ0) is 15.4. The molecule has 122 valence electrons. The smallest absolute Gasteiger partial charge is 0.0234 e. The van der Waals surface area contributed by atoms with Gasteiger partial charge in [0.25, 0.3) is 0 Å². The van der Waals surface area contributed by atoms with Gasteiger partial charge in [0, 0.05) is 25.7 Å². The summed E-state index contributed by atoms with van der Waals surface area (Å²) in [5.74, 6) is 1.75. The maximum absolute atomic E-state index is 3.88. The van der Waals surface area contributed by atoms with Gasteiger partial charge in [-0.3, -0.25) is 4.90 Å². The van der Waals surface area contributed by atoms with Crippen LogP contribution in [-0.2, 0) is 6.54 Å². The van der Waals surface area contributed by atoms with Crippen LogP contribution in [-0.4, -0.2) is 30.6 Å². The third-order valence-electron chi connectivity index (χ3n) is 5.39. The van der Waals surface area contributed by atoms with Crippen molar-refractivity contribution in [1.29, 1.82) is 0 Å². The van der Waals surface area contributed by atoms with Crippen LogP contribution in [0, 0.1) is 18.8 Å². The fourth-order valence-corrected chi connectivity index (χ4v) is 4.36. The zero-order valence-corrected chi connectivity index (χ0v) is 14.4. The van der Waals surface area contributed by atoms with E-state index in [9.17, 15) is 0 Å². The molecule has 2 heteroatoms. The Balaban J connectivity index is 1.51. The summed E-state index contributed by atoms with van der Waals surface area (Å²) < 4.78 is 0. The van der Waals surface area contributed by atoms with Crippen molar-refractivity contribution in [2.24, 2.45) is 11.8 Å². The molecular formula is C20H32N2. The van der Waals surface area contributed by atoms with Crippen LogP contribution in [0.4, 0.5) is 0 Å². The number of rotatable bonds is 5. The Bertz CT molecular complexity index is 465. The molecule has 2 nitrogen and oxygen atoms in total. The number of hydrogen-bond donors (Lipinski definition) is 1. The van der Waals surface area contributed by atoms with Gasteiger partial charge in [-0.05, 0) is 50.1 Å². The Morgan fingerprint density at radius 1 is 1.18 bits per heavy atom. The first-order chi connectivity index (χ1) is 10.7. The van der Waals surface area contributed by atoms with Crippen LogP contribution in [0.3, 0.4) is 0 Å². The van der Waals surface area contributed by atoms with Gasteiger partial charge < -0.3 is 5.32 Å². The standard InChI is InChI=1S/C20H32N2/c1-16-6-5-9-19(10-16)14-22-13-17(2)11-20(15-22)21-12-18-7-3-4-8-18/h5-6,9-10,17-18,20-21H,3-4,7-8,11-15H2,1-2H3. The molecule has 2 aliphatic rings. The second-order valence-corrected chi connectivity index (χ2v) is 7.78. The fraction of sp³-hybridized carbons (Fsp3) is 0.700. The molecule has 0 aromatic heterocycles. The largest absolute Gasteiger partial charge is 0.312 e. The van der Waals surface area contributed by atoms with E-state index in [1.807, 2.05) is 0 Å². The summed E-state index contributed by atoms with van der Waals surface area (Å²) in [7, 11) is 0. The first-order valence-corrected chi connectivity index (χ1v) is 9.20. The van der Waals surface area contributed by atoms with E-state index in [0.717, 1.165) is 18.4 Å². The first-order valence-electron chi connectivity index (χ1n) is 9.20. The van der Waals surface area contributed by atoms with Gasteiger partial charge in [0.15, 0.2) is 0 Å². The van der Waals surface area contributed by atoms with Crippen molar-refractivity contribution in [2.75, 3.05) is 19.6 Å². The van der Waals surface area contributed by atoms with Crippen LogP contribution < -0.4 is 5.32 Å². The molecule has 1 aliphatic carbocycles. The number of aryl methyl sites for hydroxylation is 1. The Kier molecular flexibility index (Phi) is 5.54. The SMILES string of the molecule is Cc1cccc(CN2CC(C)CC(NCC3CCCC3)C2)c1. The highest BCUT2D eigenvalue weighted by molar-refractivity contribution is 5.22. The van der Waals surface area contributed by atoms with E-state index in [1.54, 1.807) is 0 Å². The highest BCUT2D eigenvalue weighted by atomic mass is 15.2. The minimum Gasteiger partial charge on any atom is -0.312 e. The lowest BCUT2D eigenvalue weighted by atomic mass is 9.94. The lowest BCUT2D eigenvalue weighted by Gasteiger charge is -2.37. The summed E-state index contributed by atoms with van der Waals surface area (Å²) in [5, 5.41) is 3.88. The number of likely N-dealkylation sites (tertiary alicyclic amines) is 1. The topological polar surface area (TPSA) is 15.3 Å². The maximum atomic E-state index is 3.88. The normalized spacial score (nSPS) is 27.4. The number of nitrogens with zero attached hydrogens (tertiary/aromatic N) is 1. The lowest BCUT2D eigenvalue weighted by Crippen LogP contribution is -2.49. The van der Waals surface area contributed by atoms with E-state index >= 15 is 0 Å². The molecule has 0 radical (unpaired) electrons. The molecule has 22 heavy (non-hydrogen) atoms. The Hall–Kier alpha value is -0.860. The van der Waals surface area contributed by atoms with E-state index in [-0.39, 0.29) is 0 Å². The zero-order valence-electron chi connectivity index (χ0n) is 14.4. The molecule has 0 spiro atoms. The van der Waals surface area contributed by atoms with Gasteiger partial charge in [-0.15, -0.1) is 0 Å². The van der Waals surface area contributed by atoms with Gasteiger partial charge >= 0.3 is 0 Å². The lowest BCUT2D eigenvalue weighted by molar-refractivity contribution is 0.140. The number of piperidine rings is 1. The fourth-order valence-electron chi connectivity index (χ4n) is 4.36. The van der Waals surface area contributed by atoms with Gasteiger partial charge in [-0.2, -0.15) is 0 Å². The molecule has 3 rings (SSSR count). The highest BCUT2D eigenvalue weighted by Crippen LogP contribution is 2.25. The van der Waals surface area contributed by atoms with E-state index in [4.69, 9.17) is 0 Å². The second kappa shape index (κ2) is 7.61. The van der Waals surface area contributed by atoms with Crippen molar-refractivity contribution in [3.8, 4) is 0 Å². The van der Waals surface area contributed by atoms with Crippen LogP contribution in [0.5, 0.6) is 0 Å². The molecule has 2 unspecified atom stereocenters. The molecule has 1 heterocycles. The molecule has 1 saturated heterocycles. The van der Waals surface area contributed by atoms with Gasteiger partial charge in [-0.25, -0.2) is 0 Å². The van der Waals surface area contributed by atoms with E-state index in [1.165, 1.54) is 62.9 Å². The first kappa shape index (κ1) is 16.0. The van der Waals surface area contributed by atoms with Gasteiger partial charge in [0.1, 0.15) is 0 Å². The van der Waals surface area contributed by atoms with Crippen LogP contribution in [0.2, 0.25) is 0 Å². The van der Waals surface area contributed by atoms with E-state index in [2.05, 4.69) is 48.3 Å². The van der Waals surface area contributed by atoms with Crippen molar-refractivity contribution in [3.05, 3.63) is 35.4 Å². The molecule has 2 fully saturated rings. The van der Waals surface area contributed by atoms with Crippen molar-refractivity contribution in [2.45, 2.75) is 58.5 Å². The quantitative estimate of drug-likeness (QED) is 0.884. The van der Waals surface area contributed by atoms with E-state index < -0.39 is 0 Å². The molecule has 2 atom stereocenters. The average molecular weight is 300 g/mol. The Morgan fingerprint density at radius 3 is 2.77 bits per heavy atom. The molecular weight excluding hydrogens is 268 g/mol. The predicted octanol–water partition coefficient (Wildman–Crippen LogP) is 3.99. The van der Waals surface area contributed by atoms with Crippen LogP contribution in [0.25, 0.3) is 0 Å². The van der Waals surface area contributed by atoms with Gasteiger partial charge in [0.05, 0.1) is 0 Å². The molecule has 1 N–H and O–H groups in total. The molecule has 1 aromatic carbocycles. The number of nitrogens with one attached hydrogen (secondary N) is 1. The van der Waals surface area contributed by atoms with Gasteiger partial charge in [-0.1, -0.05) is 49.6 Å². The minimum atomic E-state index is 0.689. The third-order valence-corrected chi connectivity index (χ3v) is 5.39. The summed E-state index contributed by atoms with van der Waals surface area (Å²) >= 11 is 0. The molecule has 0 amide bonds. The molecule has 1 aliphatic heterocycles. The average Bonchev–Trinajstić information content (AvgIpc) is 2.98. The summed E-state index contributed by atoms with van der Waals surface area (Å²) in [5.41, 5.74) is 2.84. The van der Waals surface area contributed by atoms with Crippen LogP contribution >= 0.6 is 0 Å². The molecule has 1 aromatic rings.